The van der Waals surface area contributed by atoms with E-state index in [1.165, 1.54) is 11.8 Å². The van der Waals surface area contributed by atoms with Gasteiger partial charge in [-0.05, 0) is 24.1 Å². The Bertz CT molecular complexity index is 1290. The number of morpholine rings is 1. The van der Waals surface area contributed by atoms with Gasteiger partial charge in [-0.2, -0.15) is 0 Å². The number of anilines is 2. The molecule has 8 heteroatoms. The molecule has 1 saturated heterocycles. The third kappa shape index (κ3) is 5.61. The first-order valence-corrected chi connectivity index (χ1v) is 13.0. The van der Waals surface area contributed by atoms with Gasteiger partial charge in [0.2, 0.25) is 11.9 Å². The van der Waals surface area contributed by atoms with Gasteiger partial charge < -0.3 is 15.0 Å². The molecule has 1 atom stereocenters. The summed E-state index contributed by atoms with van der Waals surface area (Å²) in [5.74, 6) is 0.734. The van der Waals surface area contributed by atoms with Crippen molar-refractivity contribution in [2.75, 3.05) is 36.5 Å². The fraction of sp³-hybridized carbons (Fsp3) is 0.250. The second kappa shape index (κ2) is 11.4. The molecule has 0 saturated carbocycles. The van der Waals surface area contributed by atoms with Crippen molar-refractivity contribution in [3.63, 3.8) is 0 Å². The average Bonchev–Trinajstić information content (AvgIpc) is 3.32. The molecule has 36 heavy (non-hydrogen) atoms. The maximum Gasteiger partial charge on any atom is 0.237 e. The van der Waals surface area contributed by atoms with Gasteiger partial charge in [0.25, 0.3) is 0 Å². The van der Waals surface area contributed by atoms with Crippen LogP contribution in [0.5, 0.6) is 0 Å². The number of ether oxygens (including phenoxy) is 1. The quantitative estimate of drug-likeness (QED) is 0.346. The summed E-state index contributed by atoms with van der Waals surface area (Å²) in [5.41, 5.74) is 4.00. The molecular formula is C28H29N5O2S. The molecule has 5 rings (SSSR count). The lowest BCUT2D eigenvalue weighted by Crippen LogP contribution is -2.38. The molecule has 0 spiro atoms. The van der Waals surface area contributed by atoms with Crippen molar-refractivity contribution in [3.05, 3.63) is 90.5 Å². The highest BCUT2D eigenvalue weighted by atomic mass is 32.2. The zero-order valence-corrected chi connectivity index (χ0v) is 21.0. The Hall–Kier alpha value is -3.62. The highest BCUT2D eigenvalue weighted by molar-refractivity contribution is 8.00. The number of benzene rings is 3. The summed E-state index contributed by atoms with van der Waals surface area (Å²) in [4.78, 5) is 15.5. The van der Waals surface area contributed by atoms with Gasteiger partial charge in [-0.1, -0.05) is 90.6 Å². The summed E-state index contributed by atoms with van der Waals surface area (Å²) < 4.78 is 7.63. The highest BCUT2D eigenvalue weighted by Gasteiger charge is 2.24. The van der Waals surface area contributed by atoms with E-state index in [4.69, 9.17) is 4.74 Å². The fourth-order valence-electron chi connectivity index (χ4n) is 4.18. The smallest absolute Gasteiger partial charge is 0.237 e. The maximum absolute atomic E-state index is 13.3. The molecule has 1 amide bonds. The van der Waals surface area contributed by atoms with Crippen molar-refractivity contribution in [2.45, 2.75) is 23.9 Å². The Morgan fingerprint density at radius 1 is 0.944 bits per heavy atom. The van der Waals surface area contributed by atoms with Gasteiger partial charge in [0.05, 0.1) is 25.0 Å². The zero-order chi connectivity index (χ0) is 24.7. The van der Waals surface area contributed by atoms with Gasteiger partial charge in [-0.25, -0.2) is 0 Å². The third-order valence-corrected chi connectivity index (χ3v) is 7.18. The van der Waals surface area contributed by atoms with E-state index in [1.54, 1.807) is 0 Å². The van der Waals surface area contributed by atoms with Crippen LogP contribution in [0.15, 0.2) is 90.1 Å². The molecule has 184 valence electrons. The van der Waals surface area contributed by atoms with E-state index in [0.717, 1.165) is 46.6 Å². The Kier molecular flexibility index (Phi) is 7.64. The number of carbonyl (C=O) groups is 1. The minimum Gasteiger partial charge on any atom is -0.378 e. The standard InChI is InChI=1S/C28H29N5O2S/c1-21(26(34)29-25-15-9-8-14-24(25)23-12-6-3-7-13-23)36-28-31-30-27(32-16-18-35-19-17-32)33(28)20-22-10-4-2-5-11-22/h2-15,21H,16-20H2,1H3,(H,29,34)/t21-/m0/s1. The lowest BCUT2D eigenvalue weighted by atomic mass is 10.0. The predicted molar refractivity (Wildman–Crippen MR) is 144 cm³/mol. The third-order valence-electron chi connectivity index (χ3n) is 6.10. The number of hydrogen-bond acceptors (Lipinski definition) is 6. The SMILES string of the molecule is C[C@H](Sc1nnc(N2CCOCC2)n1Cc1ccccc1)C(=O)Nc1ccccc1-c1ccccc1. The van der Waals surface area contributed by atoms with E-state index in [0.29, 0.717) is 19.8 Å². The van der Waals surface area contributed by atoms with E-state index in [-0.39, 0.29) is 11.2 Å². The van der Waals surface area contributed by atoms with E-state index in [2.05, 4.69) is 37.1 Å². The molecule has 0 unspecified atom stereocenters. The van der Waals surface area contributed by atoms with Crippen molar-refractivity contribution in [2.24, 2.45) is 0 Å². The number of rotatable bonds is 8. The molecule has 0 radical (unpaired) electrons. The van der Waals surface area contributed by atoms with E-state index in [9.17, 15) is 4.79 Å². The summed E-state index contributed by atoms with van der Waals surface area (Å²) in [6, 6.07) is 28.2. The van der Waals surface area contributed by atoms with Crippen molar-refractivity contribution in [3.8, 4) is 11.1 Å². The monoisotopic (exact) mass is 499 g/mol. The summed E-state index contributed by atoms with van der Waals surface area (Å²) in [6.45, 7) is 5.41. The van der Waals surface area contributed by atoms with Crippen molar-refractivity contribution < 1.29 is 9.53 Å². The molecule has 0 bridgehead atoms. The van der Waals surface area contributed by atoms with Crippen LogP contribution in [0.3, 0.4) is 0 Å². The molecular weight excluding hydrogens is 470 g/mol. The molecule has 1 fully saturated rings. The number of hydrogen-bond donors (Lipinski definition) is 1. The summed E-state index contributed by atoms with van der Waals surface area (Å²) in [6.07, 6.45) is 0. The Morgan fingerprint density at radius 2 is 1.61 bits per heavy atom. The molecule has 1 aromatic heterocycles. The highest BCUT2D eigenvalue weighted by Crippen LogP contribution is 2.30. The summed E-state index contributed by atoms with van der Waals surface area (Å²) >= 11 is 1.42. The summed E-state index contributed by atoms with van der Waals surface area (Å²) in [5, 5.41) is 12.5. The number of para-hydroxylation sites is 1. The second-order valence-electron chi connectivity index (χ2n) is 8.61. The van der Waals surface area contributed by atoms with Gasteiger partial charge in [0.1, 0.15) is 0 Å². The van der Waals surface area contributed by atoms with Gasteiger partial charge in [-0.3, -0.25) is 9.36 Å². The predicted octanol–water partition coefficient (Wildman–Crippen LogP) is 4.95. The van der Waals surface area contributed by atoms with Crippen molar-refractivity contribution >= 4 is 29.3 Å². The number of carbonyl (C=O) groups excluding carboxylic acids is 1. The van der Waals surface area contributed by atoms with Crippen LogP contribution in [0.4, 0.5) is 11.6 Å². The van der Waals surface area contributed by atoms with Gasteiger partial charge in [0.15, 0.2) is 5.16 Å². The molecule has 2 heterocycles. The van der Waals surface area contributed by atoms with Crippen LogP contribution in [-0.2, 0) is 16.1 Å². The zero-order valence-electron chi connectivity index (χ0n) is 20.2. The molecule has 0 aliphatic carbocycles. The topological polar surface area (TPSA) is 72.3 Å². The molecule has 7 nitrogen and oxygen atoms in total. The van der Waals surface area contributed by atoms with E-state index >= 15 is 0 Å². The minimum atomic E-state index is -0.370. The van der Waals surface area contributed by atoms with Gasteiger partial charge in [-0.15, -0.1) is 10.2 Å². The largest absolute Gasteiger partial charge is 0.378 e. The van der Waals surface area contributed by atoms with Gasteiger partial charge >= 0.3 is 0 Å². The first kappa shape index (κ1) is 24.1. The van der Waals surface area contributed by atoms with Crippen LogP contribution < -0.4 is 10.2 Å². The first-order chi connectivity index (χ1) is 17.7. The molecule has 1 N–H and O–H groups in total. The van der Waals surface area contributed by atoms with Crippen molar-refractivity contribution in [1.82, 2.24) is 14.8 Å². The Morgan fingerprint density at radius 3 is 2.36 bits per heavy atom. The van der Waals surface area contributed by atoms with E-state index in [1.807, 2.05) is 79.7 Å². The Balaban J connectivity index is 1.36. The Labute approximate surface area is 215 Å². The fourth-order valence-corrected chi connectivity index (χ4v) is 5.02. The normalized spacial score (nSPS) is 14.4. The summed E-state index contributed by atoms with van der Waals surface area (Å²) in [7, 11) is 0. The maximum atomic E-state index is 13.3. The van der Waals surface area contributed by atoms with Crippen LogP contribution in [0.2, 0.25) is 0 Å². The lowest BCUT2D eigenvalue weighted by Gasteiger charge is -2.28. The molecule has 1 aliphatic rings. The van der Waals surface area contributed by atoms with Crippen LogP contribution in [0, 0.1) is 0 Å². The second-order valence-corrected chi connectivity index (χ2v) is 9.92. The van der Waals surface area contributed by atoms with Crippen LogP contribution in [0.1, 0.15) is 12.5 Å². The number of thioether (sulfide) groups is 1. The van der Waals surface area contributed by atoms with Crippen LogP contribution in [0.25, 0.3) is 11.1 Å². The number of aromatic nitrogens is 3. The number of amides is 1. The van der Waals surface area contributed by atoms with E-state index < -0.39 is 0 Å². The average molecular weight is 500 g/mol. The molecule has 1 aliphatic heterocycles. The van der Waals surface area contributed by atoms with Crippen LogP contribution >= 0.6 is 11.8 Å². The first-order valence-electron chi connectivity index (χ1n) is 12.1. The molecule has 3 aromatic carbocycles. The lowest BCUT2D eigenvalue weighted by molar-refractivity contribution is -0.115. The number of nitrogens with zero attached hydrogens (tertiary/aromatic N) is 4. The minimum absolute atomic E-state index is 0.0782. The van der Waals surface area contributed by atoms with Crippen molar-refractivity contribution in [1.29, 1.82) is 0 Å². The van der Waals surface area contributed by atoms with Gasteiger partial charge in [0, 0.05) is 24.3 Å². The number of nitrogens with one attached hydrogen (secondary N) is 1. The van der Waals surface area contributed by atoms with Crippen LogP contribution in [-0.4, -0.2) is 52.2 Å². The molecule has 4 aromatic rings.